The van der Waals surface area contributed by atoms with Crippen molar-refractivity contribution in [2.24, 2.45) is 0 Å². The summed E-state index contributed by atoms with van der Waals surface area (Å²) in [6.07, 6.45) is 1.64. The molecule has 0 saturated carbocycles. The van der Waals surface area contributed by atoms with Crippen LogP contribution >= 0.6 is 0 Å². The molecule has 2 aliphatic heterocycles. The molecule has 2 aliphatic rings. The van der Waals surface area contributed by atoms with Gasteiger partial charge in [-0.1, -0.05) is 6.07 Å². The fraction of sp³-hybridized carbons (Fsp3) is 0.571. The minimum atomic E-state index is -0.546. The maximum Gasteiger partial charge on any atom is 0.410 e. The summed E-state index contributed by atoms with van der Waals surface area (Å²) in [7, 11) is 0. The number of halogens is 1. The van der Waals surface area contributed by atoms with Crippen molar-refractivity contribution in [1.82, 2.24) is 10.2 Å². The molecule has 2 fully saturated rings. The number of nitrogens with one attached hydrogen (secondary N) is 2. The molecule has 0 radical (unpaired) electrons. The average molecular weight is 405 g/mol. The highest BCUT2D eigenvalue weighted by atomic mass is 19.1. The van der Waals surface area contributed by atoms with Crippen molar-refractivity contribution in [3.8, 4) is 0 Å². The molecule has 3 amide bonds. The Balaban J connectivity index is 1.58. The van der Waals surface area contributed by atoms with Gasteiger partial charge in [0.25, 0.3) is 0 Å². The summed E-state index contributed by atoms with van der Waals surface area (Å²) in [5.74, 6) is -0.982. The molecule has 2 heterocycles. The Morgan fingerprint density at radius 2 is 1.90 bits per heavy atom. The topological polar surface area (TPSA) is 87.7 Å². The molecular weight excluding hydrogens is 377 g/mol. The third-order valence-corrected chi connectivity index (χ3v) is 5.17. The Hall–Kier alpha value is -2.64. The molecule has 1 aromatic rings. The van der Waals surface area contributed by atoms with Crippen LogP contribution in [0.4, 0.5) is 14.9 Å². The predicted octanol–water partition coefficient (Wildman–Crippen LogP) is 3.16. The third-order valence-electron chi connectivity index (χ3n) is 5.17. The second-order valence-electron chi connectivity index (χ2n) is 8.63. The summed E-state index contributed by atoms with van der Waals surface area (Å²) in [5, 5.41) is 5.27. The number of anilines is 1. The largest absolute Gasteiger partial charge is 0.444 e. The number of piperidine rings is 2. The smallest absolute Gasteiger partial charge is 0.410 e. The lowest BCUT2D eigenvalue weighted by molar-refractivity contribution is -0.133. The summed E-state index contributed by atoms with van der Waals surface area (Å²) >= 11 is 0. The van der Waals surface area contributed by atoms with Gasteiger partial charge >= 0.3 is 6.09 Å². The van der Waals surface area contributed by atoms with Crippen LogP contribution in [0.1, 0.15) is 57.9 Å². The Morgan fingerprint density at radius 1 is 1.21 bits per heavy atom. The SMILES string of the molecule is CC(C)(C)OC(=O)N1CCC(c2ccc(NC3CCC(=O)NC3=O)cc2F)CC1. The van der Waals surface area contributed by atoms with Crippen LogP contribution in [-0.2, 0) is 14.3 Å². The van der Waals surface area contributed by atoms with Crippen molar-refractivity contribution in [3.05, 3.63) is 29.6 Å². The summed E-state index contributed by atoms with van der Waals surface area (Å²) in [6, 6.07) is 4.33. The van der Waals surface area contributed by atoms with E-state index in [0.717, 1.165) is 0 Å². The van der Waals surface area contributed by atoms with Crippen LogP contribution in [0.15, 0.2) is 18.2 Å². The molecule has 8 heteroatoms. The molecule has 7 nitrogen and oxygen atoms in total. The zero-order valence-electron chi connectivity index (χ0n) is 17.1. The molecule has 3 rings (SSSR count). The maximum atomic E-state index is 14.7. The van der Waals surface area contributed by atoms with E-state index in [1.54, 1.807) is 17.0 Å². The maximum absolute atomic E-state index is 14.7. The average Bonchev–Trinajstić information content (AvgIpc) is 2.63. The zero-order valence-corrected chi connectivity index (χ0v) is 17.1. The summed E-state index contributed by atoms with van der Waals surface area (Å²) in [6.45, 7) is 6.54. The van der Waals surface area contributed by atoms with Crippen molar-refractivity contribution in [3.63, 3.8) is 0 Å². The molecule has 2 saturated heterocycles. The van der Waals surface area contributed by atoms with E-state index in [4.69, 9.17) is 4.74 Å². The number of amides is 3. The van der Waals surface area contributed by atoms with Gasteiger partial charge in [0.1, 0.15) is 17.5 Å². The van der Waals surface area contributed by atoms with Gasteiger partial charge < -0.3 is 15.0 Å². The van der Waals surface area contributed by atoms with Crippen molar-refractivity contribution < 1.29 is 23.5 Å². The van der Waals surface area contributed by atoms with E-state index in [2.05, 4.69) is 10.6 Å². The fourth-order valence-corrected chi connectivity index (χ4v) is 3.68. The standard InChI is InChI=1S/C21H28FN3O4/c1-21(2,3)29-20(28)25-10-8-13(9-11-25)15-5-4-14(12-16(15)22)23-17-6-7-18(26)24-19(17)27/h4-5,12-13,17,23H,6-11H2,1-3H3,(H,24,26,27). The Labute approximate surface area is 170 Å². The number of carbonyl (C=O) groups excluding carboxylic acids is 3. The molecule has 158 valence electrons. The molecule has 0 spiro atoms. The number of benzene rings is 1. The van der Waals surface area contributed by atoms with Gasteiger partial charge in [0.05, 0.1) is 0 Å². The molecule has 0 bridgehead atoms. The van der Waals surface area contributed by atoms with E-state index >= 15 is 0 Å². The van der Waals surface area contributed by atoms with Crippen LogP contribution in [0.25, 0.3) is 0 Å². The van der Waals surface area contributed by atoms with Crippen molar-refractivity contribution in [2.75, 3.05) is 18.4 Å². The highest BCUT2D eigenvalue weighted by Gasteiger charge is 2.29. The van der Waals surface area contributed by atoms with Gasteiger partial charge in [-0.2, -0.15) is 0 Å². The van der Waals surface area contributed by atoms with Crippen LogP contribution in [0, 0.1) is 5.82 Å². The number of likely N-dealkylation sites (tertiary alicyclic amines) is 1. The molecule has 0 aliphatic carbocycles. The van der Waals surface area contributed by atoms with Gasteiger partial charge in [0.2, 0.25) is 11.8 Å². The molecule has 2 N–H and O–H groups in total. The lowest BCUT2D eigenvalue weighted by atomic mass is 9.89. The Bertz CT molecular complexity index is 798. The molecule has 1 unspecified atom stereocenters. The van der Waals surface area contributed by atoms with Crippen LogP contribution in [0.5, 0.6) is 0 Å². The normalized spacial score (nSPS) is 21.0. The second kappa shape index (κ2) is 8.39. The third kappa shape index (κ3) is 5.46. The van der Waals surface area contributed by atoms with Crippen molar-refractivity contribution >= 4 is 23.6 Å². The molecule has 0 aromatic heterocycles. The van der Waals surface area contributed by atoms with E-state index in [0.29, 0.717) is 43.6 Å². The van der Waals surface area contributed by atoms with Gasteiger partial charge in [0, 0.05) is 25.2 Å². The molecule has 1 atom stereocenters. The van der Waals surface area contributed by atoms with Gasteiger partial charge in [0.15, 0.2) is 0 Å². The fourth-order valence-electron chi connectivity index (χ4n) is 3.68. The number of hydrogen-bond donors (Lipinski definition) is 2. The number of rotatable bonds is 3. The van der Waals surface area contributed by atoms with E-state index in [1.165, 1.54) is 6.07 Å². The monoisotopic (exact) mass is 405 g/mol. The van der Waals surface area contributed by atoms with Gasteiger partial charge in [-0.25, -0.2) is 9.18 Å². The minimum Gasteiger partial charge on any atom is -0.444 e. The molecule has 29 heavy (non-hydrogen) atoms. The molecular formula is C21H28FN3O4. The highest BCUT2D eigenvalue weighted by molar-refractivity contribution is 6.01. The summed E-state index contributed by atoms with van der Waals surface area (Å²) in [5.41, 5.74) is 0.584. The van der Waals surface area contributed by atoms with Crippen LogP contribution in [0.2, 0.25) is 0 Å². The lowest BCUT2D eigenvalue weighted by Gasteiger charge is -2.33. The predicted molar refractivity (Wildman–Crippen MR) is 106 cm³/mol. The Kier molecular flexibility index (Phi) is 6.10. The highest BCUT2D eigenvalue weighted by Crippen LogP contribution is 2.32. The number of imide groups is 1. The quantitative estimate of drug-likeness (QED) is 0.755. The number of carbonyl (C=O) groups is 3. The first-order chi connectivity index (χ1) is 13.6. The van der Waals surface area contributed by atoms with E-state index in [1.807, 2.05) is 20.8 Å². The van der Waals surface area contributed by atoms with Crippen LogP contribution < -0.4 is 10.6 Å². The van der Waals surface area contributed by atoms with Gasteiger partial charge in [-0.15, -0.1) is 0 Å². The number of nitrogens with zero attached hydrogens (tertiary/aromatic N) is 1. The molecule has 1 aromatic carbocycles. The van der Waals surface area contributed by atoms with Gasteiger partial charge in [-0.05, 0) is 63.6 Å². The Morgan fingerprint density at radius 3 is 2.48 bits per heavy atom. The first-order valence-electron chi connectivity index (χ1n) is 10.00. The number of hydrogen-bond acceptors (Lipinski definition) is 5. The van der Waals surface area contributed by atoms with E-state index in [9.17, 15) is 18.8 Å². The van der Waals surface area contributed by atoms with E-state index in [-0.39, 0.29) is 36.1 Å². The first-order valence-corrected chi connectivity index (χ1v) is 10.00. The van der Waals surface area contributed by atoms with Crippen molar-refractivity contribution in [2.45, 2.75) is 64.0 Å². The minimum absolute atomic E-state index is 0.0262. The number of ether oxygens (including phenoxy) is 1. The lowest BCUT2D eigenvalue weighted by Crippen LogP contribution is -2.47. The van der Waals surface area contributed by atoms with Crippen molar-refractivity contribution in [1.29, 1.82) is 0 Å². The van der Waals surface area contributed by atoms with Crippen LogP contribution in [0.3, 0.4) is 0 Å². The summed E-state index contributed by atoms with van der Waals surface area (Å²) < 4.78 is 20.1. The first kappa shape index (κ1) is 21.1. The van der Waals surface area contributed by atoms with E-state index < -0.39 is 11.6 Å². The van der Waals surface area contributed by atoms with Gasteiger partial charge in [-0.3, -0.25) is 14.9 Å². The second-order valence-corrected chi connectivity index (χ2v) is 8.63. The summed E-state index contributed by atoms with van der Waals surface area (Å²) in [4.78, 5) is 36.9. The zero-order chi connectivity index (χ0) is 21.2. The van der Waals surface area contributed by atoms with Crippen LogP contribution in [-0.4, -0.2) is 47.5 Å².